The fourth-order valence-corrected chi connectivity index (χ4v) is 4.47. The van der Waals surface area contributed by atoms with E-state index in [9.17, 15) is 9.59 Å². The number of benzene rings is 1. The SMILES string of the molecule is O=C1[C@@H]2[C@H](C(=O)N1c1cccc(I)c1)[C@H]1C=C[C@H]2CC1. The zero-order valence-corrected chi connectivity index (χ0v) is 13.0. The van der Waals surface area contributed by atoms with Gasteiger partial charge in [-0.25, -0.2) is 4.90 Å². The van der Waals surface area contributed by atoms with E-state index in [1.807, 2.05) is 24.3 Å². The molecule has 20 heavy (non-hydrogen) atoms. The number of fused-ring (bicyclic) bond motifs is 1. The molecular weight excluding hydrogens is 365 g/mol. The summed E-state index contributed by atoms with van der Waals surface area (Å²) in [7, 11) is 0. The third kappa shape index (κ3) is 1.63. The van der Waals surface area contributed by atoms with Crippen LogP contribution >= 0.6 is 22.6 Å². The van der Waals surface area contributed by atoms with Gasteiger partial charge in [-0.15, -0.1) is 0 Å². The van der Waals surface area contributed by atoms with Gasteiger partial charge in [0.1, 0.15) is 0 Å². The van der Waals surface area contributed by atoms with Crippen molar-refractivity contribution >= 4 is 40.1 Å². The maximum absolute atomic E-state index is 12.7. The lowest BCUT2D eigenvalue weighted by molar-refractivity contribution is -0.124. The van der Waals surface area contributed by atoms with Gasteiger partial charge in [0.05, 0.1) is 17.5 Å². The standard InChI is InChI=1S/C16H14INO2/c17-11-2-1-3-12(8-11)18-15(19)13-9-4-5-10(7-6-9)14(13)16(18)20/h1-5,8-10,13-14H,6-7H2/t9-,10-,13-,14+/m0/s1. The summed E-state index contributed by atoms with van der Waals surface area (Å²) < 4.78 is 1.04. The summed E-state index contributed by atoms with van der Waals surface area (Å²) in [5.41, 5.74) is 0.723. The molecule has 102 valence electrons. The minimum Gasteiger partial charge on any atom is -0.274 e. The van der Waals surface area contributed by atoms with Crippen molar-refractivity contribution in [3.05, 3.63) is 40.0 Å². The van der Waals surface area contributed by atoms with Gasteiger partial charge < -0.3 is 0 Å². The molecule has 4 aliphatic rings. The molecule has 3 aliphatic carbocycles. The monoisotopic (exact) mass is 379 g/mol. The van der Waals surface area contributed by atoms with E-state index in [4.69, 9.17) is 0 Å². The van der Waals surface area contributed by atoms with Crippen molar-refractivity contribution in [2.45, 2.75) is 12.8 Å². The van der Waals surface area contributed by atoms with Crippen LogP contribution in [0.1, 0.15) is 12.8 Å². The molecule has 1 aromatic rings. The Kier molecular flexibility index (Phi) is 2.77. The van der Waals surface area contributed by atoms with Gasteiger partial charge in [0, 0.05) is 3.57 Å². The second-order valence-electron chi connectivity index (χ2n) is 5.83. The summed E-state index contributed by atoms with van der Waals surface area (Å²) in [5.74, 6) is 0.277. The van der Waals surface area contributed by atoms with Crippen LogP contribution in [0.4, 0.5) is 5.69 Å². The second kappa shape index (κ2) is 4.41. The predicted octanol–water partition coefficient (Wildman–Crippen LogP) is 2.99. The number of hydrogen-bond donors (Lipinski definition) is 0. The molecule has 1 saturated carbocycles. The van der Waals surface area contributed by atoms with Crippen LogP contribution in [0.15, 0.2) is 36.4 Å². The number of nitrogens with zero attached hydrogens (tertiary/aromatic N) is 1. The molecule has 3 nitrogen and oxygen atoms in total. The molecule has 2 bridgehead atoms. The summed E-state index contributed by atoms with van der Waals surface area (Å²) in [6, 6.07) is 7.62. The first kappa shape index (κ1) is 12.6. The highest BCUT2D eigenvalue weighted by molar-refractivity contribution is 14.1. The van der Waals surface area contributed by atoms with E-state index in [0.717, 1.165) is 22.1 Å². The fourth-order valence-electron chi connectivity index (χ4n) is 3.94. The van der Waals surface area contributed by atoms with E-state index >= 15 is 0 Å². The fraction of sp³-hybridized carbons (Fsp3) is 0.375. The number of allylic oxidation sites excluding steroid dienone is 2. The van der Waals surface area contributed by atoms with Crippen LogP contribution in [0.2, 0.25) is 0 Å². The Labute approximate surface area is 131 Å². The minimum atomic E-state index is -0.121. The molecule has 4 heteroatoms. The summed E-state index contributed by atoms with van der Waals surface area (Å²) in [6.07, 6.45) is 6.39. The Balaban J connectivity index is 1.77. The van der Waals surface area contributed by atoms with E-state index in [-0.39, 0.29) is 35.5 Å². The molecule has 5 rings (SSSR count). The van der Waals surface area contributed by atoms with Gasteiger partial charge in [-0.3, -0.25) is 9.59 Å². The molecule has 0 N–H and O–H groups in total. The summed E-state index contributed by atoms with van der Waals surface area (Å²) in [4.78, 5) is 26.9. The van der Waals surface area contributed by atoms with Crippen molar-refractivity contribution in [2.75, 3.05) is 4.90 Å². The van der Waals surface area contributed by atoms with Gasteiger partial charge in [0.15, 0.2) is 0 Å². The smallest absolute Gasteiger partial charge is 0.238 e. The van der Waals surface area contributed by atoms with Crippen molar-refractivity contribution in [1.82, 2.24) is 0 Å². The minimum absolute atomic E-state index is 0.000972. The van der Waals surface area contributed by atoms with E-state index in [1.54, 1.807) is 0 Å². The maximum atomic E-state index is 12.7. The van der Waals surface area contributed by atoms with Gasteiger partial charge in [-0.2, -0.15) is 0 Å². The molecular formula is C16H14INO2. The van der Waals surface area contributed by atoms with Crippen LogP contribution in [-0.4, -0.2) is 11.8 Å². The number of halogens is 1. The summed E-state index contributed by atoms with van der Waals surface area (Å²) in [5, 5.41) is 0. The Hall–Kier alpha value is -1.17. The quantitative estimate of drug-likeness (QED) is 0.428. The normalized spacial score (nSPS) is 34.8. The zero-order valence-electron chi connectivity index (χ0n) is 10.8. The molecule has 0 spiro atoms. The van der Waals surface area contributed by atoms with E-state index in [2.05, 4.69) is 34.7 Å². The van der Waals surface area contributed by atoms with Gasteiger partial charge >= 0.3 is 0 Å². The Morgan fingerprint density at radius 2 is 1.60 bits per heavy atom. The second-order valence-corrected chi connectivity index (χ2v) is 7.08. The average Bonchev–Trinajstić information content (AvgIpc) is 2.74. The molecule has 4 atom stereocenters. The van der Waals surface area contributed by atoms with Gasteiger partial charge in [-0.05, 0) is 65.5 Å². The lowest BCUT2D eigenvalue weighted by Gasteiger charge is -2.38. The zero-order chi connectivity index (χ0) is 13.9. The molecule has 0 radical (unpaired) electrons. The number of rotatable bonds is 1. The first-order valence-electron chi connectivity index (χ1n) is 6.98. The molecule has 1 heterocycles. The van der Waals surface area contributed by atoms with Crippen molar-refractivity contribution < 1.29 is 9.59 Å². The van der Waals surface area contributed by atoms with Gasteiger partial charge in [0.2, 0.25) is 11.8 Å². The van der Waals surface area contributed by atoms with Gasteiger partial charge in [0.25, 0.3) is 0 Å². The number of carbonyl (C=O) groups is 2. The van der Waals surface area contributed by atoms with Gasteiger partial charge in [-0.1, -0.05) is 18.2 Å². The molecule has 1 saturated heterocycles. The third-order valence-electron chi connectivity index (χ3n) is 4.83. The first-order valence-corrected chi connectivity index (χ1v) is 8.06. The third-order valence-corrected chi connectivity index (χ3v) is 5.50. The molecule has 0 aromatic heterocycles. The van der Waals surface area contributed by atoms with Crippen LogP contribution in [0.25, 0.3) is 0 Å². The van der Waals surface area contributed by atoms with Crippen molar-refractivity contribution in [3.63, 3.8) is 0 Å². The number of hydrogen-bond acceptors (Lipinski definition) is 2. The molecule has 1 aromatic carbocycles. The predicted molar refractivity (Wildman–Crippen MR) is 84.0 cm³/mol. The van der Waals surface area contributed by atoms with Crippen LogP contribution in [0, 0.1) is 27.2 Å². The highest BCUT2D eigenvalue weighted by Gasteiger charge is 2.56. The molecule has 1 aliphatic heterocycles. The summed E-state index contributed by atoms with van der Waals surface area (Å²) in [6.45, 7) is 0. The van der Waals surface area contributed by atoms with Crippen molar-refractivity contribution in [1.29, 1.82) is 0 Å². The van der Waals surface area contributed by atoms with Crippen LogP contribution < -0.4 is 4.90 Å². The topological polar surface area (TPSA) is 37.4 Å². The maximum Gasteiger partial charge on any atom is 0.238 e. The van der Waals surface area contributed by atoms with Crippen molar-refractivity contribution in [3.8, 4) is 0 Å². The number of imide groups is 1. The largest absolute Gasteiger partial charge is 0.274 e. The lowest BCUT2D eigenvalue weighted by Crippen LogP contribution is -2.38. The van der Waals surface area contributed by atoms with E-state index in [0.29, 0.717) is 0 Å². The Bertz CT molecular complexity index is 607. The Morgan fingerprint density at radius 3 is 2.10 bits per heavy atom. The summed E-state index contributed by atoms with van der Waals surface area (Å²) >= 11 is 2.21. The average molecular weight is 379 g/mol. The highest BCUT2D eigenvalue weighted by atomic mass is 127. The molecule has 2 amide bonds. The number of carbonyl (C=O) groups excluding carboxylic acids is 2. The lowest BCUT2D eigenvalue weighted by atomic mass is 9.63. The number of amides is 2. The molecule has 0 unspecified atom stereocenters. The van der Waals surface area contributed by atoms with Crippen LogP contribution in [0.3, 0.4) is 0 Å². The van der Waals surface area contributed by atoms with E-state index < -0.39 is 0 Å². The van der Waals surface area contributed by atoms with E-state index in [1.165, 1.54) is 4.90 Å². The Morgan fingerprint density at radius 1 is 1.00 bits per heavy atom. The highest BCUT2D eigenvalue weighted by Crippen LogP contribution is 2.50. The van der Waals surface area contributed by atoms with Crippen molar-refractivity contribution in [2.24, 2.45) is 23.7 Å². The first-order chi connectivity index (χ1) is 9.66. The molecule has 2 fully saturated rings. The van der Waals surface area contributed by atoms with Crippen LogP contribution in [0.5, 0.6) is 0 Å². The number of anilines is 1. The van der Waals surface area contributed by atoms with Crippen LogP contribution in [-0.2, 0) is 9.59 Å².